The molecule has 3 N–H and O–H groups in total. The Balaban J connectivity index is 3.73. The summed E-state index contributed by atoms with van der Waals surface area (Å²) < 4.78 is 0. The third kappa shape index (κ3) is 3.17. The Hall–Kier alpha value is -2.75. The van der Waals surface area contributed by atoms with Crippen molar-refractivity contribution in [2.24, 2.45) is 10.7 Å². The second-order valence-corrected chi connectivity index (χ2v) is 3.68. The molecule has 0 aromatic heterocycles. The van der Waals surface area contributed by atoms with Crippen LogP contribution in [0.1, 0.15) is 10.4 Å². The van der Waals surface area contributed by atoms with E-state index in [1.165, 1.54) is 0 Å². The van der Waals surface area contributed by atoms with E-state index < -0.39 is 38.4 Å². The predicted octanol–water partition coefficient (Wildman–Crippen LogP) is 1.43. The highest BCUT2D eigenvalue weighted by Crippen LogP contribution is 2.35. The molecule has 1 rings (SSSR count). The van der Waals surface area contributed by atoms with Crippen LogP contribution in [-0.4, -0.2) is 32.6 Å². The van der Waals surface area contributed by atoms with Crippen LogP contribution in [0.15, 0.2) is 17.1 Å². The van der Waals surface area contributed by atoms with Crippen LogP contribution in [0.2, 0.25) is 0 Å². The lowest BCUT2D eigenvalue weighted by Crippen LogP contribution is -2.13. The number of carboxylic acid groups (broad SMARTS) is 1. The number of nitrogens with zero attached hydrogens (tertiary/aromatic N) is 3. The van der Waals surface area contributed by atoms with Crippen LogP contribution in [0.5, 0.6) is 0 Å². The fraction of sp³-hybridized carbons (Fsp3) is 0.111. The molecule has 0 bridgehead atoms. The third-order valence-corrected chi connectivity index (χ3v) is 2.38. The minimum absolute atomic E-state index is 0.258. The number of halogens is 1. The quantitative estimate of drug-likeness (QED) is 0.273. The zero-order valence-electron chi connectivity index (χ0n) is 9.65. The number of nitro benzene ring substituents is 2. The number of hydrogen-bond donors (Lipinski definition) is 2. The Kier molecular flexibility index (Phi) is 4.54. The van der Waals surface area contributed by atoms with Gasteiger partial charge in [0, 0.05) is 6.07 Å². The predicted molar refractivity (Wildman–Crippen MR) is 68.7 cm³/mol. The molecule has 0 saturated heterocycles. The Morgan fingerprint density at radius 1 is 1.35 bits per heavy atom. The maximum atomic E-state index is 11.1. The number of aliphatic imine (C=N–C) groups is 1. The van der Waals surface area contributed by atoms with Crippen molar-refractivity contribution in [3.63, 3.8) is 0 Å². The van der Waals surface area contributed by atoms with Crippen molar-refractivity contribution in [2.75, 3.05) is 5.88 Å². The van der Waals surface area contributed by atoms with E-state index in [9.17, 15) is 25.0 Å². The molecule has 0 aliphatic heterocycles. The summed E-state index contributed by atoms with van der Waals surface area (Å²) in [6.07, 6.45) is 0. The number of alkyl halides is 1. The number of benzene rings is 1. The molecular formula is C9H7ClN4O6. The van der Waals surface area contributed by atoms with E-state index in [1.54, 1.807) is 0 Å². The summed E-state index contributed by atoms with van der Waals surface area (Å²) in [5.74, 6) is -2.16. The molecule has 0 saturated carbocycles. The number of aromatic carboxylic acids is 1. The van der Waals surface area contributed by atoms with E-state index in [1.807, 2.05) is 0 Å². The first kappa shape index (κ1) is 15.3. The van der Waals surface area contributed by atoms with E-state index in [2.05, 4.69) is 4.99 Å². The number of non-ortho nitro benzene ring substituents is 1. The molecule has 106 valence electrons. The standard InChI is InChI=1S/C9H7ClN4O6/c10-3-7(11)12-8-5(9(15)16)1-4(13(17)18)2-6(8)14(19)20/h1-2H,3H2,(H2,11,12)(H,15,16). The highest BCUT2D eigenvalue weighted by Gasteiger charge is 2.27. The van der Waals surface area contributed by atoms with Gasteiger partial charge in [-0.2, -0.15) is 0 Å². The number of nitrogens with two attached hydrogens (primary N) is 1. The van der Waals surface area contributed by atoms with Crippen LogP contribution in [0.4, 0.5) is 17.1 Å². The van der Waals surface area contributed by atoms with Crippen molar-refractivity contribution in [2.45, 2.75) is 0 Å². The van der Waals surface area contributed by atoms with Gasteiger partial charge in [-0.05, 0) is 0 Å². The molecule has 0 aliphatic carbocycles. The minimum Gasteiger partial charge on any atom is -0.478 e. The minimum atomic E-state index is -1.61. The summed E-state index contributed by atoms with van der Waals surface area (Å²) in [7, 11) is 0. The zero-order chi connectivity index (χ0) is 15.4. The lowest BCUT2D eigenvalue weighted by atomic mass is 10.1. The summed E-state index contributed by atoms with van der Waals surface area (Å²) in [5.41, 5.74) is 2.43. The van der Waals surface area contributed by atoms with Crippen molar-refractivity contribution >= 4 is 40.5 Å². The fourth-order valence-corrected chi connectivity index (χ4v) is 1.36. The highest BCUT2D eigenvalue weighted by molar-refractivity contribution is 6.28. The monoisotopic (exact) mass is 302 g/mol. The summed E-state index contributed by atoms with van der Waals surface area (Å²) >= 11 is 5.37. The van der Waals surface area contributed by atoms with Crippen molar-refractivity contribution in [1.29, 1.82) is 0 Å². The van der Waals surface area contributed by atoms with Gasteiger partial charge in [-0.25, -0.2) is 9.79 Å². The van der Waals surface area contributed by atoms with E-state index in [0.717, 1.165) is 0 Å². The van der Waals surface area contributed by atoms with Gasteiger partial charge in [0.05, 0.1) is 27.4 Å². The molecule has 0 aliphatic rings. The molecular weight excluding hydrogens is 296 g/mol. The Labute approximate surface area is 115 Å². The zero-order valence-corrected chi connectivity index (χ0v) is 10.4. The second-order valence-electron chi connectivity index (χ2n) is 3.42. The SMILES string of the molecule is NC(CCl)=Nc1c(C(=O)O)cc([N+](=O)[O-])cc1[N+](=O)[O-]. The topological polar surface area (TPSA) is 162 Å². The van der Waals surface area contributed by atoms with Crippen LogP contribution in [0.3, 0.4) is 0 Å². The molecule has 10 nitrogen and oxygen atoms in total. The van der Waals surface area contributed by atoms with E-state index in [0.29, 0.717) is 12.1 Å². The van der Waals surface area contributed by atoms with Crippen LogP contribution in [0.25, 0.3) is 0 Å². The van der Waals surface area contributed by atoms with Crippen LogP contribution in [0, 0.1) is 20.2 Å². The van der Waals surface area contributed by atoms with Crippen LogP contribution in [-0.2, 0) is 0 Å². The number of rotatable bonds is 5. The normalized spacial score (nSPS) is 11.2. The van der Waals surface area contributed by atoms with Crippen molar-refractivity contribution in [3.05, 3.63) is 37.9 Å². The van der Waals surface area contributed by atoms with Gasteiger partial charge in [0.25, 0.3) is 5.69 Å². The van der Waals surface area contributed by atoms with E-state index in [4.69, 9.17) is 22.4 Å². The van der Waals surface area contributed by atoms with Crippen molar-refractivity contribution in [1.82, 2.24) is 0 Å². The van der Waals surface area contributed by atoms with Gasteiger partial charge >= 0.3 is 11.7 Å². The molecule has 0 fully saturated rings. The number of carboxylic acids is 1. The van der Waals surface area contributed by atoms with Crippen LogP contribution < -0.4 is 5.73 Å². The van der Waals surface area contributed by atoms with Crippen molar-refractivity contribution in [3.8, 4) is 0 Å². The lowest BCUT2D eigenvalue weighted by Gasteiger charge is -2.04. The summed E-state index contributed by atoms with van der Waals surface area (Å²) in [4.78, 5) is 34.2. The molecule has 0 amide bonds. The molecule has 1 aromatic rings. The fourth-order valence-electron chi connectivity index (χ4n) is 1.30. The van der Waals surface area contributed by atoms with Gasteiger partial charge in [0.1, 0.15) is 5.84 Å². The highest BCUT2D eigenvalue weighted by atomic mass is 35.5. The average Bonchev–Trinajstić information content (AvgIpc) is 2.37. The van der Waals surface area contributed by atoms with Crippen molar-refractivity contribution < 1.29 is 19.7 Å². The Bertz CT molecular complexity index is 594. The average molecular weight is 303 g/mol. The summed E-state index contributed by atoms with van der Waals surface area (Å²) in [5, 5.41) is 30.5. The third-order valence-electron chi connectivity index (χ3n) is 2.10. The largest absolute Gasteiger partial charge is 0.478 e. The van der Waals surface area contributed by atoms with Gasteiger partial charge in [0.15, 0.2) is 5.69 Å². The Morgan fingerprint density at radius 3 is 2.35 bits per heavy atom. The summed E-state index contributed by atoms with van der Waals surface area (Å²) in [6, 6.07) is 1.27. The molecule has 0 unspecified atom stereocenters. The molecule has 0 spiro atoms. The van der Waals surface area contributed by atoms with Crippen LogP contribution >= 0.6 is 11.6 Å². The van der Waals surface area contributed by atoms with Gasteiger partial charge in [-0.1, -0.05) is 0 Å². The van der Waals surface area contributed by atoms with E-state index in [-0.39, 0.29) is 11.7 Å². The smallest absolute Gasteiger partial charge is 0.338 e. The van der Waals surface area contributed by atoms with Gasteiger partial charge in [0.2, 0.25) is 0 Å². The van der Waals surface area contributed by atoms with Gasteiger partial charge < -0.3 is 10.8 Å². The molecule has 0 atom stereocenters. The molecule has 11 heteroatoms. The van der Waals surface area contributed by atoms with Gasteiger partial charge in [-0.15, -0.1) is 11.6 Å². The first-order chi connectivity index (χ1) is 9.27. The number of nitro groups is 2. The van der Waals surface area contributed by atoms with Gasteiger partial charge in [-0.3, -0.25) is 20.2 Å². The molecule has 1 aromatic carbocycles. The first-order valence-electron chi connectivity index (χ1n) is 4.87. The molecule has 0 heterocycles. The van der Waals surface area contributed by atoms with E-state index >= 15 is 0 Å². The number of amidine groups is 1. The Morgan fingerprint density at radius 2 is 1.95 bits per heavy atom. The second kappa shape index (κ2) is 5.93. The summed E-state index contributed by atoms with van der Waals surface area (Å²) in [6.45, 7) is 0. The molecule has 20 heavy (non-hydrogen) atoms. The number of carbonyl (C=O) groups is 1. The lowest BCUT2D eigenvalue weighted by molar-refractivity contribution is -0.393. The maximum absolute atomic E-state index is 11.1. The molecule has 0 radical (unpaired) electrons. The maximum Gasteiger partial charge on any atom is 0.338 e. The first-order valence-corrected chi connectivity index (χ1v) is 5.40. The number of hydrogen-bond acceptors (Lipinski definition) is 6.